The lowest BCUT2D eigenvalue weighted by atomic mass is 10.1. The topological polar surface area (TPSA) is 71.5 Å². The molecule has 1 atom stereocenters. The number of nitrogens with zero attached hydrogens (tertiary/aromatic N) is 2. The van der Waals surface area contributed by atoms with Gasteiger partial charge in [-0.2, -0.15) is 0 Å². The number of carbonyl (C=O) groups is 2. The van der Waals surface area contributed by atoms with Crippen LogP contribution in [0.3, 0.4) is 0 Å². The quantitative estimate of drug-likeness (QED) is 0.878. The SMILES string of the molecule is CC(NC(=O)CCc1cccnc1)c1cccc(N2CCOC2=O)c1. The van der Waals surface area contributed by atoms with E-state index in [0.717, 1.165) is 16.8 Å². The van der Waals surface area contributed by atoms with Crippen molar-refractivity contribution in [1.82, 2.24) is 10.3 Å². The number of carbonyl (C=O) groups excluding carboxylic acids is 2. The molecule has 1 fully saturated rings. The molecule has 1 unspecified atom stereocenters. The summed E-state index contributed by atoms with van der Waals surface area (Å²) < 4.78 is 4.97. The third-order valence-corrected chi connectivity index (χ3v) is 4.18. The molecule has 3 rings (SSSR count). The molecule has 1 saturated heterocycles. The molecule has 130 valence electrons. The number of nitrogens with one attached hydrogen (secondary N) is 1. The molecule has 0 spiro atoms. The number of pyridine rings is 1. The fourth-order valence-corrected chi connectivity index (χ4v) is 2.79. The van der Waals surface area contributed by atoms with Gasteiger partial charge in [-0.15, -0.1) is 0 Å². The summed E-state index contributed by atoms with van der Waals surface area (Å²) >= 11 is 0. The Labute approximate surface area is 146 Å². The summed E-state index contributed by atoms with van der Waals surface area (Å²) in [6.07, 6.45) is 4.23. The highest BCUT2D eigenvalue weighted by molar-refractivity contribution is 5.89. The number of amides is 2. The van der Waals surface area contributed by atoms with Crippen LogP contribution in [0.15, 0.2) is 48.8 Å². The lowest BCUT2D eigenvalue weighted by Gasteiger charge is -2.18. The Morgan fingerprint density at radius 2 is 2.24 bits per heavy atom. The highest BCUT2D eigenvalue weighted by atomic mass is 16.6. The predicted molar refractivity (Wildman–Crippen MR) is 94.3 cm³/mol. The fraction of sp³-hybridized carbons (Fsp3) is 0.316. The van der Waals surface area contributed by atoms with Crippen molar-refractivity contribution in [3.8, 4) is 0 Å². The van der Waals surface area contributed by atoms with E-state index >= 15 is 0 Å². The van der Waals surface area contributed by atoms with E-state index in [4.69, 9.17) is 4.74 Å². The minimum atomic E-state index is -0.328. The van der Waals surface area contributed by atoms with Crippen LogP contribution in [0.1, 0.15) is 30.5 Å². The first-order chi connectivity index (χ1) is 12.1. The number of rotatable bonds is 6. The molecule has 1 aromatic carbocycles. The van der Waals surface area contributed by atoms with Crippen LogP contribution in [0.4, 0.5) is 10.5 Å². The molecule has 2 heterocycles. The lowest BCUT2D eigenvalue weighted by Crippen LogP contribution is -2.27. The number of benzene rings is 1. The van der Waals surface area contributed by atoms with Gasteiger partial charge in [0.2, 0.25) is 5.91 Å². The van der Waals surface area contributed by atoms with E-state index in [-0.39, 0.29) is 18.0 Å². The Morgan fingerprint density at radius 3 is 2.96 bits per heavy atom. The van der Waals surface area contributed by atoms with Gasteiger partial charge in [0.1, 0.15) is 6.61 Å². The number of hydrogen-bond donors (Lipinski definition) is 1. The zero-order valence-corrected chi connectivity index (χ0v) is 14.1. The van der Waals surface area contributed by atoms with E-state index in [9.17, 15) is 9.59 Å². The fourth-order valence-electron chi connectivity index (χ4n) is 2.79. The van der Waals surface area contributed by atoms with E-state index in [2.05, 4.69) is 10.3 Å². The van der Waals surface area contributed by atoms with Crippen LogP contribution in [0.5, 0.6) is 0 Å². The molecule has 0 radical (unpaired) electrons. The summed E-state index contributed by atoms with van der Waals surface area (Å²) in [7, 11) is 0. The summed E-state index contributed by atoms with van der Waals surface area (Å²) in [6.45, 7) is 2.89. The molecule has 25 heavy (non-hydrogen) atoms. The summed E-state index contributed by atoms with van der Waals surface area (Å²) in [5, 5.41) is 3.00. The van der Waals surface area contributed by atoms with Gasteiger partial charge in [0.05, 0.1) is 12.6 Å². The molecule has 1 aliphatic heterocycles. The number of ether oxygens (including phenoxy) is 1. The van der Waals surface area contributed by atoms with Crippen molar-refractivity contribution in [3.63, 3.8) is 0 Å². The maximum absolute atomic E-state index is 12.2. The molecule has 2 aromatic rings. The summed E-state index contributed by atoms with van der Waals surface area (Å²) in [5.41, 5.74) is 2.78. The molecule has 0 bridgehead atoms. The number of cyclic esters (lactones) is 1. The first kappa shape index (κ1) is 17.0. The van der Waals surface area contributed by atoms with Gasteiger partial charge in [0, 0.05) is 24.5 Å². The van der Waals surface area contributed by atoms with Gasteiger partial charge in [0.25, 0.3) is 0 Å². The Balaban J connectivity index is 1.58. The molecular formula is C19H21N3O3. The molecule has 1 aromatic heterocycles. The molecule has 2 amide bonds. The van der Waals surface area contributed by atoms with Crippen molar-refractivity contribution in [1.29, 1.82) is 0 Å². The smallest absolute Gasteiger partial charge is 0.414 e. The van der Waals surface area contributed by atoms with E-state index in [1.54, 1.807) is 17.3 Å². The first-order valence-electron chi connectivity index (χ1n) is 8.36. The van der Waals surface area contributed by atoms with Crippen LogP contribution in [0.2, 0.25) is 0 Å². The van der Waals surface area contributed by atoms with Crippen molar-refractivity contribution in [3.05, 3.63) is 59.9 Å². The van der Waals surface area contributed by atoms with Crippen molar-refractivity contribution >= 4 is 17.7 Å². The number of anilines is 1. The van der Waals surface area contributed by atoms with Crippen LogP contribution in [0, 0.1) is 0 Å². The minimum absolute atomic E-state index is 0.0117. The predicted octanol–water partition coefficient (Wildman–Crippen LogP) is 2.85. The molecule has 1 N–H and O–H groups in total. The van der Waals surface area contributed by atoms with Gasteiger partial charge < -0.3 is 10.1 Å². The molecular weight excluding hydrogens is 318 g/mol. The van der Waals surface area contributed by atoms with Crippen molar-refractivity contribution < 1.29 is 14.3 Å². The summed E-state index contributed by atoms with van der Waals surface area (Å²) in [5.74, 6) is -0.0117. The van der Waals surface area contributed by atoms with E-state index in [1.165, 1.54) is 0 Å². The van der Waals surface area contributed by atoms with Gasteiger partial charge in [-0.05, 0) is 42.7 Å². The zero-order chi connectivity index (χ0) is 17.6. The Bertz CT molecular complexity index is 749. The van der Waals surface area contributed by atoms with Crippen LogP contribution in [-0.4, -0.2) is 30.1 Å². The van der Waals surface area contributed by atoms with Crippen molar-refractivity contribution in [2.45, 2.75) is 25.8 Å². The van der Waals surface area contributed by atoms with Crippen LogP contribution >= 0.6 is 0 Å². The Hall–Kier alpha value is -2.89. The maximum atomic E-state index is 12.2. The second-order valence-corrected chi connectivity index (χ2v) is 6.01. The van der Waals surface area contributed by atoms with E-state index in [0.29, 0.717) is 26.0 Å². The maximum Gasteiger partial charge on any atom is 0.414 e. The van der Waals surface area contributed by atoms with Gasteiger partial charge >= 0.3 is 6.09 Å². The molecule has 6 nitrogen and oxygen atoms in total. The number of aryl methyl sites for hydroxylation is 1. The van der Waals surface area contributed by atoms with Crippen molar-refractivity contribution in [2.75, 3.05) is 18.1 Å². The molecule has 6 heteroatoms. The summed E-state index contributed by atoms with van der Waals surface area (Å²) in [4.78, 5) is 29.5. The molecule has 0 saturated carbocycles. The highest BCUT2D eigenvalue weighted by Gasteiger charge is 2.24. The minimum Gasteiger partial charge on any atom is -0.447 e. The zero-order valence-electron chi connectivity index (χ0n) is 14.1. The Morgan fingerprint density at radius 1 is 1.36 bits per heavy atom. The van der Waals surface area contributed by atoms with Crippen LogP contribution in [0.25, 0.3) is 0 Å². The average Bonchev–Trinajstić information content (AvgIpc) is 3.07. The third kappa shape index (κ3) is 4.35. The first-order valence-corrected chi connectivity index (χ1v) is 8.36. The highest BCUT2D eigenvalue weighted by Crippen LogP contribution is 2.23. The third-order valence-electron chi connectivity index (χ3n) is 4.18. The van der Waals surface area contributed by atoms with Gasteiger partial charge in [-0.25, -0.2) is 4.79 Å². The van der Waals surface area contributed by atoms with Crippen LogP contribution in [-0.2, 0) is 16.0 Å². The number of aromatic nitrogens is 1. The van der Waals surface area contributed by atoms with E-state index < -0.39 is 0 Å². The van der Waals surface area contributed by atoms with Crippen molar-refractivity contribution in [2.24, 2.45) is 0 Å². The molecule has 0 aliphatic carbocycles. The van der Waals surface area contributed by atoms with Crippen LogP contribution < -0.4 is 10.2 Å². The molecule has 1 aliphatic rings. The Kier molecular flexibility index (Phi) is 5.28. The van der Waals surface area contributed by atoms with Gasteiger partial charge in [-0.3, -0.25) is 14.7 Å². The normalized spacial score (nSPS) is 14.9. The average molecular weight is 339 g/mol. The number of hydrogen-bond acceptors (Lipinski definition) is 4. The van der Waals surface area contributed by atoms with E-state index in [1.807, 2.05) is 43.3 Å². The second kappa shape index (κ2) is 7.79. The monoisotopic (exact) mass is 339 g/mol. The lowest BCUT2D eigenvalue weighted by molar-refractivity contribution is -0.121. The second-order valence-electron chi connectivity index (χ2n) is 6.01. The summed E-state index contributed by atoms with van der Waals surface area (Å²) in [6, 6.07) is 11.3. The van der Waals surface area contributed by atoms with Gasteiger partial charge in [0.15, 0.2) is 0 Å². The van der Waals surface area contributed by atoms with Gasteiger partial charge in [-0.1, -0.05) is 18.2 Å². The largest absolute Gasteiger partial charge is 0.447 e. The standard InChI is InChI=1S/C19H21N3O3/c1-14(21-18(23)8-7-15-4-3-9-20-13-15)16-5-2-6-17(12-16)22-10-11-25-19(22)24/h2-6,9,12-14H,7-8,10-11H2,1H3,(H,21,23).